The van der Waals surface area contributed by atoms with Crippen LogP contribution >= 0.6 is 22.7 Å². The molecule has 9 heteroatoms. The molecule has 1 atom stereocenters. The summed E-state index contributed by atoms with van der Waals surface area (Å²) < 4.78 is 1.83. The van der Waals surface area contributed by atoms with Crippen LogP contribution in [0.25, 0.3) is 15.4 Å². The lowest BCUT2D eigenvalue weighted by Gasteiger charge is -2.33. The van der Waals surface area contributed by atoms with E-state index in [4.69, 9.17) is 0 Å². The summed E-state index contributed by atoms with van der Waals surface area (Å²) in [5.74, 6) is -0.224. The Morgan fingerprint density at radius 3 is 2.85 bits per heavy atom. The minimum absolute atomic E-state index is 0.0736. The van der Waals surface area contributed by atoms with Gasteiger partial charge in [-0.2, -0.15) is 0 Å². The van der Waals surface area contributed by atoms with Crippen molar-refractivity contribution in [3.8, 4) is 10.4 Å². The summed E-state index contributed by atoms with van der Waals surface area (Å²) in [6, 6.07) is 8.05. The standard InChI is InChI=1S/C24H25N5O2S2/c1-14-6-4-7-17(12-14)21-19(26-16(3)33-21)23(31)28-9-5-8-18(13-28)27-22(30)20-15(2)25-24-29(20)10-11-32-24/h4,6-7,10-12,18H,5,8-9,13H2,1-3H3,(H,27,30)/t18-/m1/s1. The molecule has 1 aliphatic heterocycles. The summed E-state index contributed by atoms with van der Waals surface area (Å²) in [6.07, 6.45) is 3.53. The Morgan fingerprint density at radius 1 is 1.18 bits per heavy atom. The molecule has 0 bridgehead atoms. The number of hydrogen-bond acceptors (Lipinski definition) is 6. The molecule has 1 N–H and O–H groups in total. The topological polar surface area (TPSA) is 79.6 Å². The number of fused-ring (bicyclic) bond motifs is 1. The summed E-state index contributed by atoms with van der Waals surface area (Å²) in [7, 11) is 0. The molecule has 4 heterocycles. The summed E-state index contributed by atoms with van der Waals surface area (Å²) in [5, 5.41) is 5.92. The Balaban J connectivity index is 1.34. The Bertz CT molecular complexity index is 1350. The van der Waals surface area contributed by atoms with Crippen molar-refractivity contribution in [2.75, 3.05) is 13.1 Å². The summed E-state index contributed by atoms with van der Waals surface area (Å²) >= 11 is 3.05. The van der Waals surface area contributed by atoms with Crippen LogP contribution in [0.4, 0.5) is 0 Å². The summed E-state index contributed by atoms with van der Waals surface area (Å²) in [6.45, 7) is 6.96. The van der Waals surface area contributed by atoms with E-state index < -0.39 is 0 Å². The normalized spacial score (nSPS) is 16.3. The highest BCUT2D eigenvalue weighted by Crippen LogP contribution is 2.32. The molecule has 33 heavy (non-hydrogen) atoms. The number of benzene rings is 1. The van der Waals surface area contributed by atoms with Gasteiger partial charge in [-0.1, -0.05) is 29.8 Å². The van der Waals surface area contributed by atoms with Crippen molar-refractivity contribution in [2.24, 2.45) is 0 Å². The fourth-order valence-corrected chi connectivity index (χ4v) is 6.07. The van der Waals surface area contributed by atoms with Crippen molar-refractivity contribution >= 4 is 39.4 Å². The van der Waals surface area contributed by atoms with Crippen LogP contribution in [-0.2, 0) is 0 Å². The van der Waals surface area contributed by atoms with Crippen LogP contribution in [0.5, 0.6) is 0 Å². The van der Waals surface area contributed by atoms with Crippen LogP contribution < -0.4 is 5.32 Å². The molecular weight excluding hydrogens is 454 g/mol. The van der Waals surface area contributed by atoms with Gasteiger partial charge in [0.2, 0.25) is 0 Å². The van der Waals surface area contributed by atoms with E-state index in [-0.39, 0.29) is 17.9 Å². The van der Waals surface area contributed by atoms with Crippen LogP contribution in [0.3, 0.4) is 0 Å². The number of nitrogens with one attached hydrogen (secondary N) is 1. The zero-order valence-corrected chi connectivity index (χ0v) is 20.4. The molecule has 0 radical (unpaired) electrons. The maximum Gasteiger partial charge on any atom is 0.274 e. The average molecular weight is 480 g/mol. The van der Waals surface area contributed by atoms with Crippen LogP contribution in [-0.4, -0.2) is 50.2 Å². The van der Waals surface area contributed by atoms with Crippen molar-refractivity contribution in [1.29, 1.82) is 0 Å². The van der Waals surface area contributed by atoms with Gasteiger partial charge in [-0.25, -0.2) is 9.97 Å². The van der Waals surface area contributed by atoms with E-state index in [0.29, 0.717) is 30.2 Å². The molecule has 170 valence electrons. The first-order valence-electron chi connectivity index (χ1n) is 11.0. The second-order valence-corrected chi connectivity index (χ2v) is 10.5. The van der Waals surface area contributed by atoms with Gasteiger partial charge >= 0.3 is 0 Å². The van der Waals surface area contributed by atoms with Crippen LogP contribution in [0.1, 0.15) is 50.1 Å². The van der Waals surface area contributed by atoms with E-state index >= 15 is 0 Å². The SMILES string of the molecule is Cc1cccc(-c2sc(C)nc2C(=O)N2CCC[C@@H](NC(=O)c3c(C)nc4sccn34)C2)c1. The number of amides is 2. The average Bonchev–Trinajstić information content (AvgIpc) is 3.47. The largest absolute Gasteiger partial charge is 0.346 e. The molecule has 0 saturated carbocycles. The highest BCUT2D eigenvalue weighted by atomic mass is 32.1. The lowest BCUT2D eigenvalue weighted by Crippen LogP contribution is -2.50. The zero-order valence-electron chi connectivity index (χ0n) is 18.8. The maximum absolute atomic E-state index is 13.5. The number of carbonyl (C=O) groups is 2. The molecule has 7 nitrogen and oxygen atoms in total. The van der Waals surface area contributed by atoms with E-state index in [1.165, 1.54) is 11.3 Å². The lowest BCUT2D eigenvalue weighted by molar-refractivity contribution is 0.0671. The molecule has 0 spiro atoms. The molecule has 1 fully saturated rings. The number of aromatic nitrogens is 3. The fraction of sp³-hybridized carbons (Fsp3) is 0.333. The third-order valence-electron chi connectivity index (χ3n) is 5.91. The highest BCUT2D eigenvalue weighted by Gasteiger charge is 2.30. The molecule has 3 aromatic heterocycles. The number of piperidine rings is 1. The van der Waals surface area contributed by atoms with Crippen LogP contribution in [0.2, 0.25) is 0 Å². The number of hydrogen-bond donors (Lipinski definition) is 1. The number of thiazole rings is 2. The van der Waals surface area contributed by atoms with Crippen molar-refractivity contribution in [3.63, 3.8) is 0 Å². The molecule has 1 aliphatic rings. The summed E-state index contributed by atoms with van der Waals surface area (Å²) in [5.41, 5.74) is 3.94. The fourth-order valence-electron chi connectivity index (χ4n) is 4.40. The molecule has 5 rings (SSSR count). The van der Waals surface area contributed by atoms with Gasteiger partial charge in [-0.05, 0) is 39.2 Å². The van der Waals surface area contributed by atoms with Crippen molar-refractivity contribution in [2.45, 2.75) is 39.7 Å². The Labute approximate surface area is 200 Å². The smallest absolute Gasteiger partial charge is 0.274 e. The maximum atomic E-state index is 13.5. The predicted molar refractivity (Wildman–Crippen MR) is 131 cm³/mol. The first-order chi connectivity index (χ1) is 15.9. The van der Waals surface area contributed by atoms with Crippen molar-refractivity contribution < 1.29 is 9.59 Å². The molecule has 4 aromatic rings. The minimum atomic E-state index is -0.150. The van der Waals surface area contributed by atoms with Gasteiger partial charge in [0.1, 0.15) is 11.4 Å². The molecule has 0 aliphatic carbocycles. The number of aryl methyl sites for hydroxylation is 3. The minimum Gasteiger partial charge on any atom is -0.346 e. The van der Waals surface area contributed by atoms with E-state index in [0.717, 1.165) is 38.8 Å². The van der Waals surface area contributed by atoms with Crippen LogP contribution in [0.15, 0.2) is 35.8 Å². The van der Waals surface area contributed by atoms with E-state index in [1.807, 2.05) is 59.8 Å². The summed E-state index contributed by atoms with van der Waals surface area (Å²) in [4.78, 5) is 39.1. The van der Waals surface area contributed by atoms with Crippen molar-refractivity contribution in [3.05, 3.63) is 63.5 Å². The first-order valence-corrected chi connectivity index (χ1v) is 12.7. The molecular formula is C24H25N5O2S2. The second kappa shape index (κ2) is 8.72. The van der Waals surface area contributed by atoms with Gasteiger partial charge in [-0.3, -0.25) is 14.0 Å². The number of imidazole rings is 1. The molecule has 2 amide bonds. The van der Waals surface area contributed by atoms with Crippen molar-refractivity contribution in [1.82, 2.24) is 24.6 Å². The highest BCUT2D eigenvalue weighted by molar-refractivity contribution is 7.15. The van der Waals surface area contributed by atoms with Gasteiger partial charge in [0.25, 0.3) is 11.8 Å². The monoisotopic (exact) mass is 479 g/mol. The number of rotatable bonds is 4. The van der Waals surface area contributed by atoms with Gasteiger partial charge in [0, 0.05) is 30.7 Å². The number of nitrogens with zero attached hydrogens (tertiary/aromatic N) is 4. The third-order valence-corrected chi connectivity index (χ3v) is 7.69. The van der Waals surface area contributed by atoms with E-state index in [1.54, 1.807) is 11.3 Å². The van der Waals surface area contributed by atoms with Crippen LogP contribution in [0, 0.1) is 20.8 Å². The zero-order chi connectivity index (χ0) is 23.1. The van der Waals surface area contributed by atoms with Gasteiger partial charge in [-0.15, -0.1) is 22.7 Å². The van der Waals surface area contributed by atoms with Gasteiger partial charge < -0.3 is 10.2 Å². The molecule has 1 saturated heterocycles. The Kier molecular flexibility index (Phi) is 5.76. The number of likely N-dealkylation sites (tertiary alicyclic amines) is 1. The van der Waals surface area contributed by atoms with E-state index in [2.05, 4.69) is 21.4 Å². The van der Waals surface area contributed by atoms with E-state index in [9.17, 15) is 9.59 Å². The third kappa shape index (κ3) is 4.18. The Hall–Kier alpha value is -3.04. The lowest BCUT2D eigenvalue weighted by atomic mass is 10.0. The predicted octanol–water partition coefficient (Wildman–Crippen LogP) is 4.48. The van der Waals surface area contributed by atoms with Gasteiger partial charge in [0.05, 0.1) is 15.6 Å². The molecule has 1 aromatic carbocycles. The second-order valence-electron chi connectivity index (χ2n) is 8.45. The Morgan fingerprint density at radius 2 is 2.03 bits per heavy atom. The van der Waals surface area contributed by atoms with Gasteiger partial charge in [0.15, 0.2) is 4.96 Å². The number of carbonyl (C=O) groups excluding carboxylic acids is 2. The quantitative estimate of drug-likeness (QED) is 0.468. The first kappa shape index (κ1) is 21.8. The molecule has 0 unspecified atom stereocenters.